The fourth-order valence-corrected chi connectivity index (χ4v) is 3.64. The summed E-state index contributed by atoms with van der Waals surface area (Å²) in [4.78, 5) is 38.3. The molecule has 1 fully saturated rings. The zero-order valence-electron chi connectivity index (χ0n) is 18.6. The van der Waals surface area contributed by atoms with Crippen molar-refractivity contribution in [2.75, 3.05) is 11.5 Å². The van der Waals surface area contributed by atoms with E-state index in [0.717, 1.165) is 11.6 Å². The third kappa shape index (κ3) is 5.17. The molecule has 1 heterocycles. The molecule has 3 aromatic carbocycles. The number of carbonyl (C=O) groups is 3. The van der Waals surface area contributed by atoms with Gasteiger partial charge in [0.15, 0.2) is 11.5 Å². The van der Waals surface area contributed by atoms with Crippen molar-refractivity contribution in [2.45, 2.75) is 13.5 Å². The van der Waals surface area contributed by atoms with Crippen LogP contribution >= 0.6 is 11.6 Å². The van der Waals surface area contributed by atoms with Gasteiger partial charge in [0, 0.05) is 10.6 Å². The Balaban J connectivity index is 1.63. The molecule has 1 aliphatic rings. The minimum absolute atomic E-state index is 0.209. The van der Waals surface area contributed by atoms with Crippen LogP contribution < -0.4 is 19.7 Å². The minimum atomic E-state index is -1.03. The van der Waals surface area contributed by atoms with E-state index < -0.39 is 23.7 Å². The van der Waals surface area contributed by atoms with E-state index in [1.54, 1.807) is 31.2 Å². The third-order valence-corrected chi connectivity index (χ3v) is 5.48. The Morgan fingerprint density at radius 3 is 2.46 bits per heavy atom. The number of para-hydroxylation sites is 1. The summed E-state index contributed by atoms with van der Waals surface area (Å²) in [6.45, 7) is 2.36. The first-order valence-electron chi connectivity index (χ1n) is 10.7. The van der Waals surface area contributed by atoms with Gasteiger partial charge in [-0.1, -0.05) is 48.0 Å². The molecule has 0 aromatic heterocycles. The monoisotopic (exact) mass is 494 g/mol. The molecule has 0 unspecified atom stereocenters. The lowest BCUT2D eigenvalue weighted by Gasteiger charge is -2.26. The molecule has 4 rings (SSSR count). The molecule has 1 N–H and O–H groups in total. The van der Waals surface area contributed by atoms with E-state index in [2.05, 4.69) is 5.32 Å². The van der Waals surface area contributed by atoms with Crippen LogP contribution in [0.1, 0.15) is 18.1 Å². The number of hydrogen-bond acceptors (Lipinski definition) is 5. The van der Waals surface area contributed by atoms with E-state index in [4.69, 9.17) is 21.1 Å². The number of rotatable bonds is 7. The number of hydrogen-bond donors (Lipinski definition) is 1. The quantitative estimate of drug-likeness (QED) is 0.364. The van der Waals surface area contributed by atoms with E-state index in [9.17, 15) is 18.8 Å². The molecule has 1 saturated heterocycles. The van der Waals surface area contributed by atoms with Crippen molar-refractivity contribution in [2.24, 2.45) is 0 Å². The van der Waals surface area contributed by atoms with E-state index in [1.165, 1.54) is 24.3 Å². The smallest absolute Gasteiger partial charge is 0.336 e. The SMILES string of the molecule is CCOc1cc(/C=C2/C(=O)NC(=O)N(c3ccccc3F)C2=O)ccc1OCc1ccccc1Cl. The summed E-state index contributed by atoms with van der Waals surface area (Å²) in [5.74, 6) is -1.77. The van der Waals surface area contributed by atoms with Crippen molar-refractivity contribution in [1.82, 2.24) is 5.32 Å². The lowest BCUT2D eigenvalue weighted by Crippen LogP contribution is -2.54. The van der Waals surface area contributed by atoms with Crippen molar-refractivity contribution >= 4 is 41.2 Å². The average molecular weight is 495 g/mol. The van der Waals surface area contributed by atoms with E-state index in [0.29, 0.717) is 33.6 Å². The normalized spacial score (nSPS) is 14.8. The van der Waals surface area contributed by atoms with Crippen LogP contribution in [-0.2, 0) is 16.2 Å². The number of urea groups is 1. The zero-order valence-corrected chi connectivity index (χ0v) is 19.3. The molecular weight excluding hydrogens is 475 g/mol. The Morgan fingerprint density at radius 2 is 1.71 bits per heavy atom. The number of nitrogens with zero attached hydrogens (tertiary/aromatic N) is 1. The predicted octanol–water partition coefficient (Wildman–Crippen LogP) is 5.12. The number of barbiturate groups is 1. The molecular formula is C26H20ClFN2O5. The van der Waals surface area contributed by atoms with Gasteiger partial charge in [0.2, 0.25) is 0 Å². The summed E-state index contributed by atoms with van der Waals surface area (Å²) in [5, 5.41) is 2.65. The molecule has 1 aliphatic heterocycles. The predicted molar refractivity (Wildman–Crippen MR) is 129 cm³/mol. The topological polar surface area (TPSA) is 84.9 Å². The van der Waals surface area contributed by atoms with Crippen LogP contribution in [0, 0.1) is 5.82 Å². The molecule has 0 radical (unpaired) electrons. The summed E-state index contributed by atoms with van der Waals surface area (Å²) in [6, 6.07) is 16.4. The summed E-state index contributed by atoms with van der Waals surface area (Å²) in [7, 11) is 0. The van der Waals surface area contributed by atoms with Crippen LogP contribution in [0.3, 0.4) is 0 Å². The molecule has 0 bridgehead atoms. The molecule has 4 amide bonds. The van der Waals surface area contributed by atoms with Crippen LogP contribution in [0.5, 0.6) is 11.5 Å². The Morgan fingerprint density at radius 1 is 0.971 bits per heavy atom. The van der Waals surface area contributed by atoms with Crippen molar-refractivity contribution in [1.29, 1.82) is 0 Å². The van der Waals surface area contributed by atoms with Gasteiger partial charge in [0.25, 0.3) is 11.8 Å². The number of benzene rings is 3. The summed E-state index contributed by atoms with van der Waals surface area (Å²) < 4.78 is 25.8. The third-order valence-electron chi connectivity index (χ3n) is 5.11. The van der Waals surface area contributed by atoms with Crippen LogP contribution in [0.15, 0.2) is 72.3 Å². The van der Waals surface area contributed by atoms with Gasteiger partial charge >= 0.3 is 6.03 Å². The number of carbonyl (C=O) groups excluding carboxylic acids is 3. The van der Waals surface area contributed by atoms with E-state index in [-0.39, 0.29) is 17.9 Å². The second-order valence-electron chi connectivity index (χ2n) is 7.43. The highest BCUT2D eigenvalue weighted by Crippen LogP contribution is 2.32. The van der Waals surface area contributed by atoms with Crippen LogP contribution in [0.4, 0.5) is 14.9 Å². The average Bonchev–Trinajstić information content (AvgIpc) is 2.83. The lowest BCUT2D eigenvalue weighted by atomic mass is 10.1. The number of anilines is 1. The summed E-state index contributed by atoms with van der Waals surface area (Å²) in [6.07, 6.45) is 1.30. The molecule has 0 saturated carbocycles. The summed E-state index contributed by atoms with van der Waals surface area (Å²) >= 11 is 6.19. The molecule has 0 spiro atoms. The van der Waals surface area contributed by atoms with Crippen LogP contribution in [-0.4, -0.2) is 24.5 Å². The van der Waals surface area contributed by atoms with Crippen LogP contribution in [0.25, 0.3) is 6.08 Å². The van der Waals surface area contributed by atoms with Gasteiger partial charge in [-0.15, -0.1) is 0 Å². The van der Waals surface area contributed by atoms with Gasteiger partial charge in [-0.2, -0.15) is 0 Å². The molecule has 178 valence electrons. The Hall–Kier alpha value is -4.17. The second kappa shape index (κ2) is 10.4. The maximum Gasteiger partial charge on any atom is 0.336 e. The molecule has 3 aromatic rings. The number of halogens is 2. The highest BCUT2D eigenvalue weighted by atomic mass is 35.5. The standard InChI is InChI=1S/C26H20ClFN2O5/c1-2-34-23-14-16(11-12-22(23)35-15-17-7-3-4-8-19(17)27)13-18-24(31)29-26(33)30(25(18)32)21-10-6-5-9-20(21)28/h3-14H,2,15H2,1H3,(H,29,31,33)/b18-13-. The van der Waals surface area contributed by atoms with E-state index >= 15 is 0 Å². The van der Waals surface area contributed by atoms with E-state index in [1.807, 2.05) is 18.2 Å². The number of ether oxygens (including phenoxy) is 2. The molecule has 9 heteroatoms. The first-order valence-corrected chi connectivity index (χ1v) is 11.1. The first-order chi connectivity index (χ1) is 16.9. The Kier molecular flexibility index (Phi) is 7.12. The molecule has 7 nitrogen and oxygen atoms in total. The largest absolute Gasteiger partial charge is 0.490 e. The number of amides is 4. The molecule has 0 aliphatic carbocycles. The number of imide groups is 2. The van der Waals surface area contributed by atoms with Crippen molar-refractivity contribution in [3.05, 3.63) is 94.3 Å². The molecule has 35 heavy (non-hydrogen) atoms. The lowest BCUT2D eigenvalue weighted by molar-refractivity contribution is -0.122. The van der Waals surface area contributed by atoms with Crippen molar-refractivity contribution < 1.29 is 28.2 Å². The van der Waals surface area contributed by atoms with Crippen LogP contribution in [0.2, 0.25) is 5.02 Å². The molecule has 0 atom stereocenters. The minimum Gasteiger partial charge on any atom is -0.490 e. The van der Waals surface area contributed by atoms with Gasteiger partial charge in [-0.3, -0.25) is 14.9 Å². The maximum absolute atomic E-state index is 14.3. The summed E-state index contributed by atoms with van der Waals surface area (Å²) in [5.41, 5.74) is 0.650. The van der Waals surface area contributed by atoms with Gasteiger partial charge < -0.3 is 9.47 Å². The maximum atomic E-state index is 14.3. The van der Waals surface area contributed by atoms with Crippen molar-refractivity contribution in [3.63, 3.8) is 0 Å². The Bertz CT molecular complexity index is 1340. The highest BCUT2D eigenvalue weighted by molar-refractivity contribution is 6.39. The van der Waals surface area contributed by atoms with Gasteiger partial charge in [-0.05, 0) is 48.9 Å². The highest BCUT2D eigenvalue weighted by Gasteiger charge is 2.38. The van der Waals surface area contributed by atoms with Crippen molar-refractivity contribution in [3.8, 4) is 11.5 Å². The fourth-order valence-electron chi connectivity index (χ4n) is 3.45. The van der Waals surface area contributed by atoms with Gasteiger partial charge in [-0.25, -0.2) is 14.1 Å². The number of nitrogens with one attached hydrogen (secondary N) is 1. The zero-order chi connectivity index (χ0) is 24.9. The first kappa shape index (κ1) is 24.0. The van der Waals surface area contributed by atoms with Gasteiger partial charge in [0.05, 0.1) is 12.3 Å². The van der Waals surface area contributed by atoms with Gasteiger partial charge in [0.1, 0.15) is 18.0 Å². The fraction of sp³-hybridized carbons (Fsp3) is 0.115. The second-order valence-corrected chi connectivity index (χ2v) is 7.84. The Labute approximate surface area is 205 Å².